The summed E-state index contributed by atoms with van der Waals surface area (Å²) in [6, 6.07) is 0. The highest BCUT2D eigenvalue weighted by Gasteiger charge is 2.03. The van der Waals surface area contributed by atoms with Gasteiger partial charge in [0.1, 0.15) is 5.78 Å². The lowest BCUT2D eigenvalue weighted by Gasteiger charge is -2.07. The van der Waals surface area contributed by atoms with Gasteiger partial charge in [-0.3, -0.25) is 4.79 Å². The van der Waals surface area contributed by atoms with Gasteiger partial charge in [-0.1, -0.05) is 32.6 Å². The summed E-state index contributed by atoms with van der Waals surface area (Å²) in [6.45, 7) is 4.07. The molecule has 0 aromatic heterocycles. The van der Waals surface area contributed by atoms with Crippen LogP contribution in [0.4, 0.5) is 0 Å². The number of ether oxygens (including phenoxy) is 1. The van der Waals surface area contributed by atoms with E-state index in [0.717, 1.165) is 12.8 Å². The fourth-order valence-corrected chi connectivity index (χ4v) is 1.34. The van der Waals surface area contributed by atoms with Crippen LogP contribution in [0, 0.1) is 0 Å². The van der Waals surface area contributed by atoms with E-state index in [1.807, 2.05) is 6.92 Å². The third-order valence-electron chi connectivity index (χ3n) is 2.54. The standard InChI is InChI=1S/C9H16O2.C4H8O/c10-9-7-5-3-1-2-4-6-8-11-9;1-3-4(2)5/h1-8H2;3H2,1-2H3. The third-order valence-corrected chi connectivity index (χ3v) is 2.54. The molecule has 0 N–H and O–H groups in total. The number of hydrogen-bond acceptors (Lipinski definition) is 3. The molecule has 0 amide bonds. The van der Waals surface area contributed by atoms with Gasteiger partial charge in [-0.15, -0.1) is 0 Å². The van der Waals surface area contributed by atoms with Crippen LogP contribution in [-0.4, -0.2) is 18.4 Å². The van der Waals surface area contributed by atoms with E-state index in [0.29, 0.717) is 19.4 Å². The first-order chi connectivity index (χ1) is 7.66. The first-order valence-electron chi connectivity index (χ1n) is 6.32. The predicted molar refractivity (Wildman–Crippen MR) is 64.3 cm³/mol. The second-order valence-corrected chi connectivity index (χ2v) is 4.15. The Morgan fingerprint density at radius 3 is 2.19 bits per heavy atom. The number of carbonyl (C=O) groups is 2. The highest BCUT2D eigenvalue weighted by atomic mass is 16.5. The normalized spacial score (nSPS) is 17.8. The SMILES string of the molecule is CCC(C)=O.O=C1CCCCCCCCO1. The summed E-state index contributed by atoms with van der Waals surface area (Å²) in [5, 5.41) is 0. The van der Waals surface area contributed by atoms with Gasteiger partial charge in [0, 0.05) is 12.8 Å². The third kappa shape index (κ3) is 11.2. The summed E-state index contributed by atoms with van der Waals surface area (Å²) in [5.41, 5.74) is 0. The van der Waals surface area contributed by atoms with Crippen molar-refractivity contribution in [2.75, 3.05) is 6.61 Å². The van der Waals surface area contributed by atoms with Crippen molar-refractivity contribution in [3.8, 4) is 0 Å². The first kappa shape index (κ1) is 15.1. The van der Waals surface area contributed by atoms with Crippen LogP contribution in [0.5, 0.6) is 0 Å². The minimum Gasteiger partial charge on any atom is -0.466 e. The molecule has 3 heteroatoms. The van der Waals surface area contributed by atoms with Crippen molar-refractivity contribution in [1.29, 1.82) is 0 Å². The lowest BCUT2D eigenvalue weighted by Crippen LogP contribution is -2.06. The molecule has 0 saturated carbocycles. The van der Waals surface area contributed by atoms with Crippen LogP contribution in [0.25, 0.3) is 0 Å². The van der Waals surface area contributed by atoms with Gasteiger partial charge in [0.25, 0.3) is 0 Å². The molecule has 1 aliphatic rings. The molecule has 0 aromatic carbocycles. The summed E-state index contributed by atoms with van der Waals surface area (Å²) in [5.74, 6) is 0.247. The van der Waals surface area contributed by atoms with Crippen molar-refractivity contribution in [3.05, 3.63) is 0 Å². The van der Waals surface area contributed by atoms with Crippen molar-refractivity contribution in [2.45, 2.75) is 65.2 Å². The van der Waals surface area contributed by atoms with Gasteiger partial charge in [-0.25, -0.2) is 0 Å². The number of carbonyl (C=O) groups excluding carboxylic acids is 2. The molecule has 0 bridgehead atoms. The van der Waals surface area contributed by atoms with E-state index in [4.69, 9.17) is 4.74 Å². The Morgan fingerprint density at radius 1 is 1.12 bits per heavy atom. The predicted octanol–water partition coefficient (Wildman–Crippen LogP) is 3.26. The number of hydrogen-bond donors (Lipinski definition) is 0. The fraction of sp³-hybridized carbons (Fsp3) is 0.846. The largest absolute Gasteiger partial charge is 0.466 e. The molecule has 16 heavy (non-hydrogen) atoms. The van der Waals surface area contributed by atoms with Gasteiger partial charge in [0.05, 0.1) is 6.61 Å². The molecular weight excluding hydrogens is 204 g/mol. The maximum Gasteiger partial charge on any atom is 0.305 e. The van der Waals surface area contributed by atoms with E-state index in [2.05, 4.69) is 0 Å². The van der Waals surface area contributed by atoms with Gasteiger partial charge >= 0.3 is 5.97 Å². The number of rotatable bonds is 1. The van der Waals surface area contributed by atoms with Gasteiger partial charge in [0.15, 0.2) is 0 Å². The molecule has 1 heterocycles. The zero-order valence-corrected chi connectivity index (χ0v) is 10.6. The molecule has 1 fully saturated rings. The van der Waals surface area contributed by atoms with E-state index < -0.39 is 0 Å². The smallest absolute Gasteiger partial charge is 0.305 e. The Bertz CT molecular complexity index is 187. The summed E-state index contributed by atoms with van der Waals surface area (Å²) >= 11 is 0. The van der Waals surface area contributed by atoms with E-state index in [-0.39, 0.29) is 11.8 Å². The maximum absolute atomic E-state index is 10.9. The Morgan fingerprint density at radius 2 is 1.62 bits per heavy atom. The first-order valence-corrected chi connectivity index (χ1v) is 6.32. The molecular formula is C13H24O3. The Balaban J connectivity index is 0.000000385. The Labute approximate surface area is 98.6 Å². The van der Waals surface area contributed by atoms with Crippen LogP contribution in [0.15, 0.2) is 0 Å². The van der Waals surface area contributed by atoms with Crippen LogP contribution >= 0.6 is 0 Å². The molecule has 0 spiro atoms. The Kier molecular flexibility index (Phi) is 10.1. The van der Waals surface area contributed by atoms with E-state index >= 15 is 0 Å². The average molecular weight is 228 g/mol. The number of ketones is 1. The molecule has 1 rings (SSSR count). The van der Waals surface area contributed by atoms with Gasteiger partial charge < -0.3 is 9.53 Å². The molecule has 0 unspecified atom stereocenters. The van der Waals surface area contributed by atoms with Crippen LogP contribution in [0.3, 0.4) is 0 Å². The zero-order chi connectivity index (χ0) is 12.2. The van der Waals surface area contributed by atoms with Crippen molar-refractivity contribution < 1.29 is 14.3 Å². The lowest BCUT2D eigenvalue weighted by atomic mass is 10.1. The zero-order valence-electron chi connectivity index (χ0n) is 10.6. The summed E-state index contributed by atoms with van der Waals surface area (Å²) < 4.78 is 4.98. The van der Waals surface area contributed by atoms with Crippen molar-refractivity contribution in [2.24, 2.45) is 0 Å². The summed E-state index contributed by atoms with van der Waals surface area (Å²) in [6.07, 6.45) is 8.35. The second kappa shape index (κ2) is 10.7. The summed E-state index contributed by atoms with van der Waals surface area (Å²) in [4.78, 5) is 20.7. The van der Waals surface area contributed by atoms with E-state index in [9.17, 15) is 9.59 Å². The number of esters is 1. The lowest BCUT2D eigenvalue weighted by molar-refractivity contribution is -0.144. The average Bonchev–Trinajstić information content (AvgIpc) is 2.28. The molecule has 0 atom stereocenters. The maximum atomic E-state index is 10.9. The highest BCUT2D eigenvalue weighted by Crippen LogP contribution is 2.10. The van der Waals surface area contributed by atoms with E-state index in [1.54, 1.807) is 6.92 Å². The molecule has 0 aliphatic carbocycles. The topological polar surface area (TPSA) is 43.4 Å². The summed E-state index contributed by atoms with van der Waals surface area (Å²) in [7, 11) is 0. The van der Waals surface area contributed by atoms with Crippen LogP contribution in [0.1, 0.15) is 65.2 Å². The molecule has 0 aromatic rings. The molecule has 1 saturated heterocycles. The quantitative estimate of drug-likeness (QED) is 0.647. The van der Waals surface area contributed by atoms with Crippen LogP contribution < -0.4 is 0 Å². The molecule has 1 aliphatic heterocycles. The van der Waals surface area contributed by atoms with Gasteiger partial charge in [0.2, 0.25) is 0 Å². The molecule has 94 valence electrons. The van der Waals surface area contributed by atoms with E-state index in [1.165, 1.54) is 25.7 Å². The van der Waals surface area contributed by atoms with Crippen molar-refractivity contribution in [1.82, 2.24) is 0 Å². The van der Waals surface area contributed by atoms with Crippen molar-refractivity contribution in [3.63, 3.8) is 0 Å². The Hall–Kier alpha value is -0.860. The van der Waals surface area contributed by atoms with Gasteiger partial charge in [-0.2, -0.15) is 0 Å². The fourth-order valence-electron chi connectivity index (χ4n) is 1.34. The minimum absolute atomic E-state index is 0.00750. The second-order valence-electron chi connectivity index (χ2n) is 4.15. The number of cyclic esters (lactones) is 1. The molecule has 3 nitrogen and oxygen atoms in total. The monoisotopic (exact) mass is 228 g/mol. The highest BCUT2D eigenvalue weighted by molar-refractivity contribution is 5.74. The van der Waals surface area contributed by atoms with Crippen molar-refractivity contribution >= 4 is 11.8 Å². The molecule has 0 radical (unpaired) electrons. The van der Waals surface area contributed by atoms with Crippen LogP contribution in [0.2, 0.25) is 0 Å². The van der Waals surface area contributed by atoms with Crippen LogP contribution in [-0.2, 0) is 14.3 Å². The minimum atomic E-state index is -0.00750. The van der Waals surface area contributed by atoms with Gasteiger partial charge in [-0.05, 0) is 19.8 Å². The number of Topliss-reactive ketones (excluding diaryl/α,β-unsaturated/α-hetero) is 1.